The topological polar surface area (TPSA) is 118 Å². The third-order valence-corrected chi connectivity index (χ3v) is 7.19. The van der Waals surface area contributed by atoms with Crippen molar-refractivity contribution >= 4 is 27.8 Å². The number of carbonyl (C=O) groups is 1. The van der Waals surface area contributed by atoms with Gasteiger partial charge in [-0.2, -0.15) is 10.6 Å². The number of rotatable bonds is 4. The molecule has 3 aromatic rings. The van der Waals surface area contributed by atoms with Gasteiger partial charge in [-0.05, 0) is 25.0 Å². The second-order valence-electron chi connectivity index (χ2n) is 7.46. The van der Waals surface area contributed by atoms with Crippen LogP contribution in [0.15, 0.2) is 41.6 Å². The Balaban J connectivity index is 1.63. The molecule has 0 radical (unpaired) electrons. The second-order valence-corrected chi connectivity index (χ2v) is 9.88. The quantitative estimate of drug-likeness (QED) is 0.583. The fourth-order valence-corrected chi connectivity index (χ4v) is 5.19. The fourth-order valence-electron chi connectivity index (χ4n) is 3.66. The van der Waals surface area contributed by atoms with Crippen LogP contribution in [-0.4, -0.2) is 47.6 Å². The summed E-state index contributed by atoms with van der Waals surface area (Å²) < 4.78 is 28.2. The van der Waals surface area contributed by atoms with E-state index >= 15 is 0 Å². The van der Waals surface area contributed by atoms with Crippen molar-refractivity contribution in [1.29, 1.82) is 0 Å². The third-order valence-electron chi connectivity index (χ3n) is 5.41. The molecular formula is C20H24N4O5S. The number of nitrogens with zero attached hydrogens (tertiary/aromatic N) is 3. The number of aromatic nitrogens is 3. The van der Waals surface area contributed by atoms with Crippen LogP contribution in [-0.2, 0) is 7.05 Å². The first kappa shape index (κ1) is 20.5. The minimum Gasteiger partial charge on any atom is -0.494 e. The standard InChI is InChI=1S/C20H24N4O5S/c1-23-7-3-4-14(20(23)26)19(25)22-16-12-24-11-15(21-18(24)10-17(16)29-2)13-5-8-30(27,28)9-6-13/h3-4,7,10-13,27-28H,5-6,8-9H2,1-2H3,(H,22,25). The van der Waals surface area contributed by atoms with Crippen LogP contribution in [0.3, 0.4) is 0 Å². The molecule has 1 aliphatic heterocycles. The Kier molecular flexibility index (Phi) is 5.31. The highest BCUT2D eigenvalue weighted by molar-refractivity contribution is 8.24. The molecule has 1 amide bonds. The minimum atomic E-state index is -2.45. The number of fused-ring (bicyclic) bond motifs is 1. The molecule has 0 aromatic carbocycles. The zero-order valence-corrected chi connectivity index (χ0v) is 17.6. The number of methoxy groups -OCH3 is 1. The molecule has 1 fully saturated rings. The number of hydrogen-bond donors (Lipinski definition) is 3. The molecule has 1 aliphatic rings. The SMILES string of the molecule is COc1cc2nc(C3CCS(O)(O)CC3)cn2cc1NC(=O)c1cccn(C)c1=O. The van der Waals surface area contributed by atoms with Gasteiger partial charge in [0.25, 0.3) is 11.5 Å². The van der Waals surface area contributed by atoms with E-state index in [0.717, 1.165) is 5.69 Å². The van der Waals surface area contributed by atoms with Gasteiger partial charge in [0.15, 0.2) is 0 Å². The molecular weight excluding hydrogens is 408 g/mol. The fraction of sp³-hybridized carbons (Fsp3) is 0.350. The lowest BCUT2D eigenvalue weighted by Crippen LogP contribution is -2.27. The summed E-state index contributed by atoms with van der Waals surface area (Å²) in [6, 6.07) is 4.84. The van der Waals surface area contributed by atoms with Gasteiger partial charge in [0, 0.05) is 49.1 Å². The average Bonchev–Trinajstić information content (AvgIpc) is 3.12. The van der Waals surface area contributed by atoms with Gasteiger partial charge in [-0.25, -0.2) is 4.98 Å². The van der Waals surface area contributed by atoms with E-state index in [1.165, 1.54) is 17.7 Å². The highest BCUT2D eigenvalue weighted by atomic mass is 32.3. The maximum atomic E-state index is 12.7. The Morgan fingerprint density at radius 3 is 2.73 bits per heavy atom. The summed E-state index contributed by atoms with van der Waals surface area (Å²) in [5.41, 5.74) is 1.60. The predicted molar refractivity (Wildman–Crippen MR) is 116 cm³/mol. The van der Waals surface area contributed by atoms with Gasteiger partial charge in [0.2, 0.25) is 0 Å². The van der Waals surface area contributed by atoms with Crippen molar-refractivity contribution in [2.75, 3.05) is 23.9 Å². The summed E-state index contributed by atoms with van der Waals surface area (Å²) in [6.07, 6.45) is 6.51. The number of nitrogens with one attached hydrogen (secondary N) is 1. The normalized spacial score (nSPS) is 17.6. The highest BCUT2D eigenvalue weighted by Gasteiger charge is 2.27. The summed E-state index contributed by atoms with van der Waals surface area (Å²) in [4.78, 5) is 29.5. The maximum Gasteiger partial charge on any atom is 0.263 e. The first-order chi connectivity index (χ1) is 14.3. The Labute approximate surface area is 174 Å². The van der Waals surface area contributed by atoms with Crippen LogP contribution >= 0.6 is 10.6 Å². The van der Waals surface area contributed by atoms with Crippen molar-refractivity contribution in [3.05, 3.63) is 58.4 Å². The number of ether oxygens (including phenoxy) is 1. The van der Waals surface area contributed by atoms with Crippen molar-refractivity contribution in [3.63, 3.8) is 0 Å². The Morgan fingerprint density at radius 1 is 1.30 bits per heavy atom. The largest absolute Gasteiger partial charge is 0.494 e. The van der Waals surface area contributed by atoms with Crippen LogP contribution in [0.1, 0.15) is 34.8 Å². The maximum absolute atomic E-state index is 12.7. The van der Waals surface area contributed by atoms with Gasteiger partial charge in [-0.15, -0.1) is 0 Å². The number of carbonyl (C=O) groups excluding carboxylic acids is 1. The Morgan fingerprint density at radius 2 is 2.03 bits per heavy atom. The summed E-state index contributed by atoms with van der Waals surface area (Å²) in [5, 5.41) is 2.75. The third kappa shape index (κ3) is 3.93. The predicted octanol–water partition coefficient (Wildman–Crippen LogP) is 2.92. The molecule has 4 heterocycles. The Bertz CT molecular complexity index is 1160. The van der Waals surface area contributed by atoms with E-state index in [0.29, 0.717) is 41.4 Å². The molecule has 0 saturated carbocycles. The number of aryl methyl sites for hydroxylation is 1. The van der Waals surface area contributed by atoms with Gasteiger partial charge in [-0.1, -0.05) is 0 Å². The number of anilines is 1. The molecule has 3 aromatic heterocycles. The van der Waals surface area contributed by atoms with Crippen molar-refractivity contribution in [2.45, 2.75) is 18.8 Å². The number of imidazole rings is 1. The zero-order chi connectivity index (χ0) is 21.5. The van der Waals surface area contributed by atoms with E-state index < -0.39 is 16.5 Å². The van der Waals surface area contributed by atoms with E-state index in [1.807, 2.05) is 6.20 Å². The van der Waals surface area contributed by atoms with Crippen LogP contribution in [0.25, 0.3) is 5.65 Å². The van der Waals surface area contributed by atoms with E-state index in [-0.39, 0.29) is 17.0 Å². The van der Waals surface area contributed by atoms with Gasteiger partial charge in [0.05, 0.1) is 12.8 Å². The number of hydrogen-bond acceptors (Lipinski definition) is 6. The molecule has 0 spiro atoms. The van der Waals surface area contributed by atoms with Gasteiger partial charge < -0.3 is 19.0 Å². The first-order valence-electron chi connectivity index (χ1n) is 9.54. The molecule has 3 N–H and O–H groups in total. The van der Waals surface area contributed by atoms with Gasteiger partial charge in [-0.3, -0.25) is 18.7 Å². The summed E-state index contributed by atoms with van der Waals surface area (Å²) in [6.45, 7) is 0. The molecule has 0 atom stereocenters. The van der Waals surface area contributed by atoms with Crippen LogP contribution < -0.4 is 15.6 Å². The monoisotopic (exact) mass is 432 g/mol. The van der Waals surface area contributed by atoms with Crippen LogP contribution in [0, 0.1) is 0 Å². The molecule has 30 heavy (non-hydrogen) atoms. The van der Waals surface area contributed by atoms with Crippen molar-refractivity contribution in [2.24, 2.45) is 7.05 Å². The average molecular weight is 433 g/mol. The summed E-state index contributed by atoms with van der Waals surface area (Å²) >= 11 is 0. The van der Waals surface area contributed by atoms with E-state index in [4.69, 9.17) is 4.74 Å². The molecule has 1 saturated heterocycles. The summed E-state index contributed by atoms with van der Waals surface area (Å²) in [5.74, 6) is 0.844. The molecule has 4 rings (SSSR count). The molecule has 10 heteroatoms. The lowest BCUT2D eigenvalue weighted by atomic mass is 10.00. The van der Waals surface area contributed by atoms with Crippen molar-refractivity contribution in [1.82, 2.24) is 14.0 Å². The molecule has 0 unspecified atom stereocenters. The Hall–Kier alpha value is -2.82. The number of pyridine rings is 2. The molecule has 9 nitrogen and oxygen atoms in total. The van der Waals surface area contributed by atoms with E-state index in [1.54, 1.807) is 36.0 Å². The first-order valence-corrected chi connectivity index (χ1v) is 11.4. The van der Waals surface area contributed by atoms with Crippen molar-refractivity contribution in [3.8, 4) is 5.75 Å². The lowest BCUT2D eigenvalue weighted by Gasteiger charge is -2.38. The second kappa shape index (κ2) is 7.78. The summed E-state index contributed by atoms with van der Waals surface area (Å²) in [7, 11) is 0.638. The van der Waals surface area contributed by atoms with Crippen LogP contribution in [0.4, 0.5) is 5.69 Å². The number of amides is 1. The van der Waals surface area contributed by atoms with E-state index in [2.05, 4.69) is 10.3 Å². The van der Waals surface area contributed by atoms with Gasteiger partial charge >= 0.3 is 0 Å². The molecule has 0 bridgehead atoms. The smallest absolute Gasteiger partial charge is 0.263 e. The zero-order valence-electron chi connectivity index (χ0n) is 16.7. The minimum absolute atomic E-state index is 0.0367. The van der Waals surface area contributed by atoms with Crippen molar-refractivity contribution < 1.29 is 18.6 Å². The van der Waals surface area contributed by atoms with Crippen LogP contribution in [0.5, 0.6) is 5.75 Å². The molecule has 0 aliphatic carbocycles. The highest BCUT2D eigenvalue weighted by Crippen LogP contribution is 2.48. The lowest BCUT2D eigenvalue weighted by molar-refractivity contribution is 0.102. The van der Waals surface area contributed by atoms with E-state index in [9.17, 15) is 18.7 Å². The molecule has 160 valence electrons. The van der Waals surface area contributed by atoms with Crippen LogP contribution in [0.2, 0.25) is 0 Å². The van der Waals surface area contributed by atoms with Gasteiger partial charge in [0.1, 0.15) is 22.6 Å².